The van der Waals surface area contributed by atoms with Crippen LogP contribution in [0.2, 0.25) is 0 Å². The van der Waals surface area contributed by atoms with Crippen LogP contribution in [0.25, 0.3) is 0 Å². The Balaban J connectivity index is 0.000000587. The van der Waals surface area contributed by atoms with E-state index in [9.17, 15) is 0 Å². The smallest absolute Gasteiger partial charge is 0.0408 e. The van der Waals surface area contributed by atoms with Gasteiger partial charge in [-0.2, -0.15) is 20.6 Å². The SMILES string of the molecule is [Au].[Au].[CH2-]Cl.[CH2-]P([CH2-])(I)(c1ccccc1)c1ccccc1.[CH2-][P+]([CH2-])(c1ccccc1)c1ccccc1. The summed E-state index contributed by atoms with van der Waals surface area (Å²) in [5.74, 6) is 0. The van der Waals surface area contributed by atoms with E-state index in [1.807, 2.05) is 48.5 Å². The molecule has 0 bridgehead atoms. The molecule has 0 spiro atoms. The third kappa shape index (κ3) is 9.81. The van der Waals surface area contributed by atoms with Crippen LogP contribution < -0.4 is 21.2 Å². The third-order valence-corrected chi connectivity index (χ3v) is 14.1. The van der Waals surface area contributed by atoms with E-state index >= 15 is 0 Å². The molecule has 4 rings (SSSR count). The zero-order valence-electron chi connectivity index (χ0n) is 19.3. The topological polar surface area (TPSA) is 0 Å². The molecule has 196 valence electrons. The quantitative estimate of drug-likeness (QED) is 0.0836. The summed E-state index contributed by atoms with van der Waals surface area (Å²) in [5, 5.41) is 4.97. The van der Waals surface area contributed by atoms with E-state index in [1.54, 1.807) is 0 Å². The van der Waals surface area contributed by atoms with Crippen molar-refractivity contribution in [3.63, 3.8) is 0 Å². The van der Waals surface area contributed by atoms with E-state index in [0.29, 0.717) is 0 Å². The average molecular weight is 997 g/mol. The molecule has 0 saturated heterocycles. The normalized spacial score (nSPS) is 11.5. The summed E-state index contributed by atoms with van der Waals surface area (Å²) in [6.45, 7) is 17.5. The average Bonchev–Trinajstić information content (AvgIpc) is 2.88. The fraction of sp³-hybridized carbons (Fsp3) is 0. The van der Waals surface area contributed by atoms with E-state index in [0.717, 1.165) is 0 Å². The molecule has 0 heterocycles. The number of hydrogen-bond acceptors (Lipinski definition) is 0. The van der Waals surface area contributed by atoms with Gasteiger partial charge in [0.05, 0.1) is 0 Å². The molecule has 0 aliphatic rings. The fourth-order valence-electron chi connectivity index (χ4n) is 3.26. The maximum Gasteiger partial charge on any atom is 0.0408 e. The van der Waals surface area contributed by atoms with Gasteiger partial charge in [0.1, 0.15) is 0 Å². The van der Waals surface area contributed by atoms with Crippen molar-refractivity contribution in [1.82, 2.24) is 0 Å². The van der Waals surface area contributed by atoms with Gasteiger partial charge in [-0.05, 0) is 24.3 Å². The molecule has 0 saturated carbocycles. The van der Waals surface area contributed by atoms with Gasteiger partial charge >= 0.3 is 111 Å². The molecule has 0 fully saturated rings. The van der Waals surface area contributed by atoms with Gasteiger partial charge in [0.2, 0.25) is 0 Å². The molecular formula is C29H30Au2ClIP2-4. The van der Waals surface area contributed by atoms with Gasteiger partial charge in [0, 0.05) is 55.4 Å². The van der Waals surface area contributed by atoms with Crippen LogP contribution >= 0.6 is 45.2 Å². The van der Waals surface area contributed by atoms with Gasteiger partial charge < -0.3 is 11.6 Å². The number of hydrogen-bond donors (Lipinski definition) is 0. The van der Waals surface area contributed by atoms with E-state index in [1.165, 1.54) is 21.2 Å². The van der Waals surface area contributed by atoms with Crippen molar-refractivity contribution in [3.8, 4) is 0 Å². The standard InChI is InChI=1S/C14H14IP.C14H14P.CH2Cl.2Au/c1-16(2,15,13-9-5-3-6-10-13)14-11-7-4-8-12-14;1-15(2,13-9-5-3-6-10-13)14-11-7-4-8-12-14;1-2;;/h3-12H,1-2H2;3-12H,1-2H2;1H2;;/q-2;2*-1;;. The molecular weight excluding hydrogens is 967 g/mol. The van der Waals surface area contributed by atoms with Crippen LogP contribution in [-0.4, -0.2) is 0 Å². The molecule has 0 aliphatic carbocycles. The summed E-state index contributed by atoms with van der Waals surface area (Å²) in [6.07, 6.45) is 2.72. The Morgan fingerprint density at radius 2 is 0.743 bits per heavy atom. The first-order valence-corrected chi connectivity index (χ1v) is 18.3. The molecule has 6 heteroatoms. The first-order valence-electron chi connectivity index (χ1n) is 10.2. The largest absolute Gasteiger partial charge is 0.199 e. The van der Waals surface area contributed by atoms with Crippen LogP contribution in [0.5, 0.6) is 0 Å². The Morgan fingerprint density at radius 3 is 1.00 bits per heavy atom. The summed E-state index contributed by atoms with van der Waals surface area (Å²) >= 11 is 6.84. The molecule has 4 aromatic rings. The van der Waals surface area contributed by atoms with Gasteiger partial charge in [0.25, 0.3) is 0 Å². The van der Waals surface area contributed by atoms with Gasteiger partial charge in [-0.25, -0.2) is 0 Å². The maximum absolute atomic E-state index is 4.45. The summed E-state index contributed by atoms with van der Waals surface area (Å²) in [5.41, 5.74) is 0. The maximum atomic E-state index is 4.45. The summed E-state index contributed by atoms with van der Waals surface area (Å²) < 4.78 is -2.46. The molecule has 2 radical (unpaired) electrons. The monoisotopic (exact) mass is 996 g/mol. The van der Waals surface area contributed by atoms with Crippen molar-refractivity contribution in [2.45, 2.75) is 0 Å². The second-order valence-corrected chi connectivity index (χ2v) is 21.4. The number of halogens is 2. The van der Waals surface area contributed by atoms with Crippen LogP contribution in [0.3, 0.4) is 0 Å². The fourth-order valence-corrected chi connectivity index (χ4v) is 8.99. The van der Waals surface area contributed by atoms with Crippen LogP contribution in [0, 0.1) is 33.0 Å². The Labute approximate surface area is 262 Å². The van der Waals surface area contributed by atoms with Gasteiger partial charge in [-0.1, -0.05) is 36.4 Å². The Hall–Kier alpha value is 0.241. The first kappa shape index (κ1) is 35.2. The van der Waals surface area contributed by atoms with Crippen LogP contribution in [0.4, 0.5) is 0 Å². The summed E-state index contributed by atoms with van der Waals surface area (Å²) in [4.78, 5) is 0. The molecule has 0 nitrogen and oxygen atoms in total. The predicted octanol–water partition coefficient (Wildman–Crippen LogP) is 8.37. The van der Waals surface area contributed by atoms with Crippen LogP contribution in [0.15, 0.2) is 121 Å². The predicted molar refractivity (Wildman–Crippen MR) is 165 cm³/mol. The van der Waals surface area contributed by atoms with E-state index < -0.39 is 11.5 Å². The van der Waals surface area contributed by atoms with E-state index in [-0.39, 0.29) is 44.8 Å². The van der Waals surface area contributed by atoms with Crippen molar-refractivity contribution in [1.29, 1.82) is 0 Å². The first-order chi connectivity index (χ1) is 15.7. The molecule has 0 unspecified atom stereocenters. The zero-order valence-corrected chi connectivity index (χ0v) is 28.4. The second kappa shape index (κ2) is 16.3. The summed E-state index contributed by atoms with van der Waals surface area (Å²) in [6, 6.07) is 41.4. The molecule has 0 aromatic heterocycles. The minimum Gasteiger partial charge on any atom is -0.199 e. The molecule has 4 aromatic carbocycles. The van der Waals surface area contributed by atoms with Crippen molar-refractivity contribution in [2.24, 2.45) is 0 Å². The molecule has 0 N–H and O–H groups in total. The second-order valence-electron chi connectivity index (χ2n) is 7.69. The van der Waals surface area contributed by atoms with Gasteiger partial charge in [0.15, 0.2) is 0 Å². The zero-order chi connectivity index (χ0) is 24.4. The van der Waals surface area contributed by atoms with Gasteiger partial charge in [-0.15, -0.1) is 0 Å². The number of benzene rings is 4. The van der Waals surface area contributed by atoms with Crippen LogP contribution in [0.1, 0.15) is 0 Å². The minimum absolute atomic E-state index is 0. The van der Waals surface area contributed by atoms with Crippen molar-refractivity contribution in [3.05, 3.63) is 154 Å². The van der Waals surface area contributed by atoms with E-state index in [4.69, 9.17) is 0 Å². The molecule has 0 aliphatic heterocycles. The molecule has 0 atom stereocenters. The van der Waals surface area contributed by atoms with E-state index in [2.05, 4.69) is 139 Å². The van der Waals surface area contributed by atoms with Crippen molar-refractivity contribution >= 4 is 66.4 Å². The summed E-state index contributed by atoms with van der Waals surface area (Å²) in [7, 11) is -1.65. The Kier molecular flexibility index (Phi) is 16.4. The number of rotatable bonds is 4. The molecule has 35 heavy (non-hydrogen) atoms. The Bertz CT molecular complexity index is 1000. The van der Waals surface area contributed by atoms with Crippen molar-refractivity contribution in [2.75, 3.05) is 0 Å². The van der Waals surface area contributed by atoms with Crippen molar-refractivity contribution < 1.29 is 44.8 Å². The third-order valence-electron chi connectivity index (χ3n) is 5.20. The van der Waals surface area contributed by atoms with Gasteiger partial charge in [-0.3, -0.25) is 6.38 Å². The minimum atomic E-state index is -2.46. The van der Waals surface area contributed by atoms with Crippen LogP contribution in [-0.2, 0) is 44.8 Å². The Morgan fingerprint density at radius 1 is 0.514 bits per heavy atom. The molecule has 0 amide bonds.